The van der Waals surface area contributed by atoms with Crippen molar-refractivity contribution in [3.8, 4) is 0 Å². The fourth-order valence-electron chi connectivity index (χ4n) is 1.87. The van der Waals surface area contributed by atoms with Gasteiger partial charge in [-0.15, -0.1) is 0 Å². The van der Waals surface area contributed by atoms with Crippen LogP contribution in [-0.2, 0) is 23.2 Å². The van der Waals surface area contributed by atoms with Crippen molar-refractivity contribution in [3.05, 3.63) is 65.0 Å². The molecule has 0 aliphatic carbocycles. The van der Waals surface area contributed by atoms with Crippen molar-refractivity contribution < 1.29 is 17.9 Å². The number of hydrogen-bond acceptors (Lipinski definition) is 3. The molecule has 0 aromatic heterocycles. The Morgan fingerprint density at radius 1 is 1.14 bits per heavy atom. The largest absolute Gasteiger partial charge is 0.392 e. The maximum absolute atomic E-state index is 13.2. The van der Waals surface area contributed by atoms with E-state index in [1.165, 1.54) is 6.07 Å². The summed E-state index contributed by atoms with van der Waals surface area (Å²) in [4.78, 5) is -0.239. The Hall–Kier alpha value is -1.76. The van der Waals surface area contributed by atoms with E-state index in [2.05, 4.69) is 4.72 Å². The van der Waals surface area contributed by atoms with Crippen molar-refractivity contribution in [1.82, 2.24) is 4.72 Å². The van der Waals surface area contributed by atoms with Crippen LogP contribution in [0.15, 0.2) is 47.4 Å². The second-order valence-corrected chi connectivity index (χ2v) is 6.46. The molecule has 0 atom stereocenters. The van der Waals surface area contributed by atoms with E-state index in [0.717, 1.165) is 23.3 Å². The van der Waals surface area contributed by atoms with E-state index in [-0.39, 0.29) is 17.0 Å². The van der Waals surface area contributed by atoms with E-state index in [0.29, 0.717) is 0 Å². The first-order chi connectivity index (χ1) is 9.92. The number of halogens is 1. The Bertz CT molecular complexity index is 727. The van der Waals surface area contributed by atoms with Crippen molar-refractivity contribution in [1.29, 1.82) is 0 Å². The minimum atomic E-state index is -3.88. The van der Waals surface area contributed by atoms with Crippen LogP contribution in [0.1, 0.15) is 16.7 Å². The monoisotopic (exact) mass is 309 g/mol. The highest BCUT2D eigenvalue weighted by atomic mass is 32.2. The van der Waals surface area contributed by atoms with Crippen LogP contribution in [0.2, 0.25) is 0 Å². The molecule has 0 fully saturated rings. The zero-order chi connectivity index (χ0) is 15.5. The van der Waals surface area contributed by atoms with Gasteiger partial charge in [0.2, 0.25) is 10.0 Å². The molecule has 112 valence electrons. The van der Waals surface area contributed by atoms with Crippen LogP contribution >= 0.6 is 0 Å². The molecule has 6 heteroatoms. The molecule has 0 spiro atoms. The van der Waals surface area contributed by atoms with Gasteiger partial charge in [0, 0.05) is 6.54 Å². The molecule has 0 amide bonds. The molecule has 0 saturated carbocycles. The Morgan fingerprint density at radius 2 is 1.81 bits per heavy atom. The Kier molecular flexibility index (Phi) is 4.72. The lowest BCUT2D eigenvalue weighted by Gasteiger charge is -2.10. The van der Waals surface area contributed by atoms with Gasteiger partial charge in [-0.3, -0.25) is 0 Å². The van der Waals surface area contributed by atoms with Crippen molar-refractivity contribution >= 4 is 10.0 Å². The Labute approximate surface area is 123 Å². The number of aliphatic hydroxyl groups is 1. The molecular weight excluding hydrogens is 293 g/mol. The standard InChI is InChI=1S/C15H16FNO3S/c1-11-2-4-12(5-3-11)9-17-21(19,20)15-8-14(16)7-6-13(15)10-18/h2-8,17-18H,9-10H2,1H3. The molecule has 0 saturated heterocycles. The van der Waals surface area contributed by atoms with Gasteiger partial charge in [0.25, 0.3) is 0 Å². The zero-order valence-corrected chi connectivity index (χ0v) is 12.3. The predicted octanol–water partition coefficient (Wildman–Crippen LogP) is 2.10. The normalized spacial score (nSPS) is 11.6. The average molecular weight is 309 g/mol. The fraction of sp³-hybridized carbons (Fsp3) is 0.200. The van der Waals surface area contributed by atoms with Crippen molar-refractivity contribution in [2.24, 2.45) is 0 Å². The van der Waals surface area contributed by atoms with E-state index < -0.39 is 22.4 Å². The van der Waals surface area contributed by atoms with E-state index in [4.69, 9.17) is 0 Å². The summed E-state index contributed by atoms with van der Waals surface area (Å²) in [5.74, 6) is -0.664. The highest BCUT2D eigenvalue weighted by Gasteiger charge is 2.18. The summed E-state index contributed by atoms with van der Waals surface area (Å²) >= 11 is 0. The number of nitrogens with one attached hydrogen (secondary N) is 1. The first-order valence-corrected chi connectivity index (χ1v) is 7.85. The summed E-state index contributed by atoms with van der Waals surface area (Å²) in [7, 11) is -3.88. The fourth-order valence-corrected chi connectivity index (χ4v) is 3.13. The molecule has 2 aromatic carbocycles. The third kappa shape index (κ3) is 3.87. The number of aryl methyl sites for hydroxylation is 1. The van der Waals surface area contributed by atoms with Gasteiger partial charge in [-0.25, -0.2) is 17.5 Å². The highest BCUT2D eigenvalue weighted by molar-refractivity contribution is 7.89. The molecule has 2 N–H and O–H groups in total. The predicted molar refractivity (Wildman–Crippen MR) is 77.5 cm³/mol. The van der Waals surface area contributed by atoms with Gasteiger partial charge in [-0.05, 0) is 30.2 Å². The maximum Gasteiger partial charge on any atom is 0.241 e. The summed E-state index contributed by atoms with van der Waals surface area (Å²) in [5.41, 5.74) is 2.04. The topological polar surface area (TPSA) is 66.4 Å². The van der Waals surface area contributed by atoms with Crippen LogP contribution in [0.5, 0.6) is 0 Å². The Balaban J connectivity index is 2.22. The minimum Gasteiger partial charge on any atom is -0.392 e. The Morgan fingerprint density at radius 3 is 2.43 bits per heavy atom. The van der Waals surface area contributed by atoms with Crippen molar-refractivity contribution in [2.75, 3.05) is 0 Å². The van der Waals surface area contributed by atoms with Crippen molar-refractivity contribution in [2.45, 2.75) is 25.0 Å². The summed E-state index contributed by atoms with van der Waals surface area (Å²) in [6.07, 6.45) is 0. The smallest absolute Gasteiger partial charge is 0.241 e. The number of sulfonamides is 1. The quantitative estimate of drug-likeness (QED) is 0.889. The molecule has 0 radical (unpaired) electrons. The molecule has 0 heterocycles. The van der Waals surface area contributed by atoms with Crippen molar-refractivity contribution in [3.63, 3.8) is 0 Å². The second-order valence-electron chi connectivity index (χ2n) is 4.72. The molecule has 4 nitrogen and oxygen atoms in total. The van der Waals surface area contributed by atoms with Crippen LogP contribution in [0.3, 0.4) is 0 Å². The van der Waals surface area contributed by atoms with Gasteiger partial charge in [0.05, 0.1) is 11.5 Å². The number of aliphatic hydroxyl groups excluding tert-OH is 1. The third-order valence-corrected chi connectivity index (χ3v) is 4.56. The van der Waals surface area contributed by atoms with Crippen LogP contribution in [0.4, 0.5) is 4.39 Å². The van der Waals surface area contributed by atoms with Gasteiger partial charge in [-0.1, -0.05) is 35.9 Å². The lowest BCUT2D eigenvalue weighted by Crippen LogP contribution is -2.24. The SMILES string of the molecule is Cc1ccc(CNS(=O)(=O)c2cc(F)ccc2CO)cc1. The lowest BCUT2D eigenvalue weighted by molar-refractivity contribution is 0.278. The molecule has 2 aromatic rings. The zero-order valence-electron chi connectivity index (χ0n) is 11.5. The number of rotatable bonds is 5. The minimum absolute atomic E-state index is 0.101. The summed E-state index contributed by atoms with van der Waals surface area (Å²) in [5, 5.41) is 9.17. The first-order valence-electron chi connectivity index (χ1n) is 6.37. The molecule has 0 bridgehead atoms. The van der Waals surface area contributed by atoms with Gasteiger partial charge in [0.15, 0.2) is 0 Å². The van der Waals surface area contributed by atoms with E-state index in [1.54, 1.807) is 0 Å². The summed E-state index contributed by atoms with van der Waals surface area (Å²) in [6, 6.07) is 10.7. The van der Waals surface area contributed by atoms with Gasteiger partial charge in [-0.2, -0.15) is 0 Å². The molecule has 0 aliphatic rings. The summed E-state index contributed by atoms with van der Waals surface area (Å²) < 4.78 is 40.1. The van der Waals surface area contributed by atoms with Gasteiger partial charge < -0.3 is 5.11 Å². The number of hydrogen-bond donors (Lipinski definition) is 2. The molecule has 21 heavy (non-hydrogen) atoms. The van der Waals surface area contributed by atoms with Gasteiger partial charge >= 0.3 is 0 Å². The average Bonchev–Trinajstić information content (AvgIpc) is 2.47. The molecule has 0 unspecified atom stereocenters. The van der Waals surface area contributed by atoms with E-state index >= 15 is 0 Å². The molecular formula is C15H16FNO3S. The third-order valence-electron chi connectivity index (χ3n) is 3.08. The van der Waals surface area contributed by atoms with Crippen LogP contribution in [-0.4, -0.2) is 13.5 Å². The second kappa shape index (κ2) is 6.34. The first kappa shape index (κ1) is 15.6. The maximum atomic E-state index is 13.2. The summed E-state index contributed by atoms with van der Waals surface area (Å²) in [6.45, 7) is 1.57. The molecule has 2 rings (SSSR count). The molecule has 0 aliphatic heterocycles. The van der Waals surface area contributed by atoms with Crippen LogP contribution in [0, 0.1) is 12.7 Å². The van der Waals surface area contributed by atoms with Crippen LogP contribution in [0.25, 0.3) is 0 Å². The lowest BCUT2D eigenvalue weighted by atomic mass is 10.2. The van der Waals surface area contributed by atoms with E-state index in [9.17, 15) is 17.9 Å². The van der Waals surface area contributed by atoms with Gasteiger partial charge in [0.1, 0.15) is 5.82 Å². The van der Waals surface area contributed by atoms with E-state index in [1.807, 2.05) is 31.2 Å². The number of benzene rings is 2. The highest BCUT2D eigenvalue weighted by Crippen LogP contribution is 2.17. The van der Waals surface area contributed by atoms with Crippen LogP contribution < -0.4 is 4.72 Å².